The van der Waals surface area contributed by atoms with Crippen LogP contribution in [0.3, 0.4) is 0 Å². The first-order chi connectivity index (χ1) is 21.6. The number of carbonyl (C=O) groups is 1. The number of hydrogen-bond donors (Lipinski definition) is 0. The normalized spacial score (nSPS) is 19.7. The van der Waals surface area contributed by atoms with Gasteiger partial charge in [-0.15, -0.1) is 0 Å². The third-order valence-corrected chi connectivity index (χ3v) is 16.0. The molecule has 46 heavy (non-hydrogen) atoms. The van der Waals surface area contributed by atoms with E-state index in [1.54, 1.807) is 24.3 Å². The van der Waals surface area contributed by atoms with E-state index in [1.807, 2.05) is 31.2 Å². The van der Waals surface area contributed by atoms with Gasteiger partial charge in [-0.25, -0.2) is 0 Å². The molecule has 3 aromatic carbocycles. The number of aryl methyl sites for hydroxylation is 1. The summed E-state index contributed by atoms with van der Waals surface area (Å²) in [7, 11) is -3.96. The van der Waals surface area contributed by atoms with Gasteiger partial charge in [-0.2, -0.15) is 0 Å². The van der Waals surface area contributed by atoms with Crippen LogP contribution in [0, 0.1) is 24.7 Å². The maximum absolute atomic E-state index is 13.9. The Morgan fingerprint density at radius 2 is 1.39 bits per heavy atom. The number of nitrogens with zero attached hydrogens (tertiary/aromatic N) is 1. The van der Waals surface area contributed by atoms with E-state index in [2.05, 4.69) is 74.4 Å². The topological polar surface area (TPSA) is 72.8 Å². The molecular weight excluding hydrogens is 657 g/mol. The van der Waals surface area contributed by atoms with Crippen molar-refractivity contribution in [2.75, 3.05) is 0 Å². The summed E-state index contributed by atoms with van der Waals surface area (Å²) in [6.07, 6.45) is 3.04. The Bertz CT molecular complexity index is 1630. The number of rotatable bonds is 10. The third kappa shape index (κ3) is 8.45. The zero-order valence-electron chi connectivity index (χ0n) is 29.3. The molecule has 0 aromatic heterocycles. The van der Waals surface area contributed by atoms with Gasteiger partial charge in [-0.3, -0.25) is 0 Å². The molecule has 3 aromatic rings. The van der Waals surface area contributed by atoms with Crippen LogP contribution in [0.15, 0.2) is 68.9 Å². The molecule has 1 saturated carbocycles. The van der Waals surface area contributed by atoms with Crippen LogP contribution in [0.2, 0.25) is 0 Å². The number of carbonyl (C=O) groups excluding carboxylic acids is 1. The van der Waals surface area contributed by atoms with Gasteiger partial charge < -0.3 is 0 Å². The molecule has 4 atom stereocenters. The summed E-state index contributed by atoms with van der Waals surface area (Å²) in [5.41, 5.74) is 5.02. The van der Waals surface area contributed by atoms with Crippen molar-refractivity contribution in [3.05, 3.63) is 88.5 Å². The van der Waals surface area contributed by atoms with Gasteiger partial charge in [-0.1, -0.05) is 0 Å². The Balaban J connectivity index is 1.85. The summed E-state index contributed by atoms with van der Waals surface area (Å²) < 4.78 is 40.7. The molecule has 7 heteroatoms. The molecule has 1 unspecified atom stereocenters. The first kappa shape index (κ1) is 36.2. The average molecular weight is 711 g/mol. The second-order valence-corrected chi connectivity index (χ2v) is 20.0. The monoisotopic (exact) mass is 711 g/mol. The number of benzene rings is 3. The fourth-order valence-electron chi connectivity index (χ4n) is 6.34. The van der Waals surface area contributed by atoms with Gasteiger partial charge in [0.15, 0.2) is 0 Å². The van der Waals surface area contributed by atoms with Crippen molar-refractivity contribution in [2.24, 2.45) is 21.1 Å². The second kappa shape index (κ2) is 15.1. The van der Waals surface area contributed by atoms with Crippen molar-refractivity contribution in [1.82, 2.24) is 0 Å². The summed E-state index contributed by atoms with van der Waals surface area (Å²) in [6, 6.07) is 18.8. The molecule has 0 aliphatic heterocycles. The van der Waals surface area contributed by atoms with E-state index in [0.717, 1.165) is 38.5 Å². The van der Waals surface area contributed by atoms with E-state index in [0.29, 0.717) is 29.2 Å². The second-order valence-electron chi connectivity index (χ2n) is 14.4. The predicted molar refractivity (Wildman–Crippen MR) is 192 cm³/mol. The molecule has 0 saturated heterocycles. The summed E-state index contributed by atoms with van der Waals surface area (Å²) in [4.78, 5) is 13.6. The van der Waals surface area contributed by atoms with Crippen LogP contribution in [-0.4, -0.2) is 34.2 Å². The van der Waals surface area contributed by atoms with Crippen molar-refractivity contribution in [1.29, 1.82) is 0 Å². The third-order valence-electron chi connectivity index (χ3n) is 9.30. The van der Waals surface area contributed by atoms with E-state index < -0.39 is 23.7 Å². The van der Waals surface area contributed by atoms with Gasteiger partial charge in [0.1, 0.15) is 0 Å². The van der Waals surface area contributed by atoms with Gasteiger partial charge in [0.25, 0.3) is 0 Å². The van der Waals surface area contributed by atoms with Gasteiger partial charge >= 0.3 is 283 Å². The van der Waals surface area contributed by atoms with Crippen molar-refractivity contribution in [2.45, 2.75) is 117 Å². The molecule has 0 heterocycles. The molecule has 4 rings (SSSR count). The standard InChI is InChI=1S/C39H53NO4SSe/c1-24(2)31-22-35(26(5)6)38(36(23-31)27(7)8)46(40-45(42,43)32-16-11-28(9)12-17-32)33-18-14-30(15-19-33)39(41)44-37-21-29(10)13-20-34(37)25(3)4/h11-12,14-19,22-27,29,34,37H,13,20-21H2,1-10H3/t29-,34+,37-,46?/m1/s1. The van der Waals surface area contributed by atoms with Gasteiger partial charge in [-0.05, 0) is 0 Å². The van der Waals surface area contributed by atoms with Crippen LogP contribution in [-0.2, 0) is 14.8 Å². The summed E-state index contributed by atoms with van der Waals surface area (Å²) in [5, 5.41) is 0. The van der Waals surface area contributed by atoms with Crippen LogP contribution in [0.4, 0.5) is 0 Å². The minimum atomic E-state index is -3.96. The van der Waals surface area contributed by atoms with Crippen molar-refractivity contribution >= 4 is 38.6 Å². The number of ether oxygens (including phenoxy) is 1. The quantitative estimate of drug-likeness (QED) is 0.156. The molecule has 1 aliphatic carbocycles. The number of hydrogen-bond acceptors (Lipinski definition) is 4. The summed E-state index contributed by atoms with van der Waals surface area (Å²) in [6.45, 7) is 21.6. The molecule has 0 spiro atoms. The SMILES string of the molecule is Cc1ccc(S(=O)(=O)/N=[Se](\c2ccc(C(=O)O[C@@H]3C[C@H](C)CC[C@H]3C(C)C)cc2)c2c(C(C)C)cc(C(C)C)cc2C(C)C)cc1. The van der Waals surface area contributed by atoms with E-state index in [-0.39, 0.29) is 28.8 Å². The molecule has 1 fully saturated rings. The number of esters is 1. The first-order valence-corrected chi connectivity index (χ1v) is 20.8. The van der Waals surface area contributed by atoms with Crippen molar-refractivity contribution in [3.63, 3.8) is 0 Å². The predicted octanol–water partition coefficient (Wildman–Crippen LogP) is 8.75. The molecule has 1 aliphatic rings. The fraction of sp³-hybridized carbons (Fsp3) is 0.513. The van der Waals surface area contributed by atoms with Crippen LogP contribution in [0.5, 0.6) is 0 Å². The summed E-state index contributed by atoms with van der Waals surface area (Å²) >= 11 is -2.54. The van der Waals surface area contributed by atoms with Crippen LogP contribution < -0.4 is 8.92 Å². The van der Waals surface area contributed by atoms with Crippen molar-refractivity contribution in [3.8, 4) is 0 Å². The molecule has 250 valence electrons. The zero-order valence-corrected chi connectivity index (χ0v) is 31.9. The van der Waals surface area contributed by atoms with E-state index in [4.69, 9.17) is 8.10 Å². The Kier molecular flexibility index (Phi) is 11.9. The fourth-order valence-corrected chi connectivity index (χ4v) is 13.5. The molecular formula is C39H53NO4SSe. The van der Waals surface area contributed by atoms with Crippen LogP contribution >= 0.6 is 0 Å². The molecule has 0 amide bonds. The van der Waals surface area contributed by atoms with Crippen LogP contribution in [0.1, 0.15) is 132 Å². The van der Waals surface area contributed by atoms with Crippen LogP contribution in [0.25, 0.3) is 0 Å². The van der Waals surface area contributed by atoms with E-state index in [9.17, 15) is 13.2 Å². The Morgan fingerprint density at radius 1 is 0.826 bits per heavy atom. The average Bonchev–Trinajstić information content (AvgIpc) is 2.99. The maximum atomic E-state index is 13.9. The van der Waals surface area contributed by atoms with E-state index >= 15 is 0 Å². The van der Waals surface area contributed by atoms with Gasteiger partial charge in [0, 0.05) is 0 Å². The Labute approximate surface area is 282 Å². The molecule has 0 radical (unpaired) electrons. The van der Waals surface area contributed by atoms with Gasteiger partial charge in [0.05, 0.1) is 0 Å². The Morgan fingerprint density at radius 3 is 1.89 bits per heavy atom. The summed E-state index contributed by atoms with van der Waals surface area (Å²) in [5.74, 6) is 1.71. The van der Waals surface area contributed by atoms with Crippen molar-refractivity contribution < 1.29 is 17.9 Å². The van der Waals surface area contributed by atoms with Gasteiger partial charge in [0.2, 0.25) is 0 Å². The minimum absolute atomic E-state index is 0.0894. The zero-order chi connectivity index (χ0) is 33.9. The van der Waals surface area contributed by atoms with E-state index in [1.165, 1.54) is 12.0 Å². The molecule has 0 N–H and O–H groups in total. The molecule has 0 bridgehead atoms. The number of sulfonamides is 1. The molecule has 5 nitrogen and oxygen atoms in total. The Hall–Kier alpha value is -2.60. The first-order valence-electron chi connectivity index (χ1n) is 16.9.